The van der Waals surface area contributed by atoms with Crippen LogP contribution in [0, 0.1) is 13.8 Å². The molecule has 19 heavy (non-hydrogen) atoms. The highest BCUT2D eigenvalue weighted by atomic mass is 15.1. The van der Waals surface area contributed by atoms with E-state index in [1.807, 2.05) is 0 Å². The van der Waals surface area contributed by atoms with Crippen LogP contribution in [0.1, 0.15) is 35.8 Å². The molecule has 100 valence electrons. The number of rotatable bonds is 2. The fourth-order valence-electron chi connectivity index (χ4n) is 2.94. The van der Waals surface area contributed by atoms with Gasteiger partial charge in [0, 0.05) is 23.0 Å². The van der Waals surface area contributed by atoms with E-state index in [1.54, 1.807) is 0 Å². The van der Waals surface area contributed by atoms with E-state index in [-0.39, 0.29) is 0 Å². The summed E-state index contributed by atoms with van der Waals surface area (Å²) in [6, 6.07) is 10.7. The Morgan fingerprint density at radius 2 is 1.74 bits per heavy atom. The topological polar surface area (TPSA) is 29.9 Å². The largest absolute Gasteiger partial charge is 0.317 e. The molecule has 2 aromatic heterocycles. The molecule has 1 aliphatic rings. The molecule has 0 aromatic carbocycles. The summed E-state index contributed by atoms with van der Waals surface area (Å²) < 4.78 is 2.23. The predicted molar refractivity (Wildman–Crippen MR) is 77.9 cm³/mol. The maximum atomic E-state index is 4.90. The van der Waals surface area contributed by atoms with Crippen molar-refractivity contribution in [1.82, 2.24) is 14.9 Å². The van der Waals surface area contributed by atoms with E-state index >= 15 is 0 Å². The summed E-state index contributed by atoms with van der Waals surface area (Å²) >= 11 is 0. The molecule has 0 saturated carbocycles. The summed E-state index contributed by atoms with van der Waals surface area (Å²) in [6.07, 6.45) is 2.39. The molecule has 3 heteroatoms. The SMILES string of the molecule is Cc1ccc(C)n1-c1cccc(C2CCNCC2)n1. The molecule has 1 aliphatic heterocycles. The van der Waals surface area contributed by atoms with E-state index in [2.05, 4.69) is 54.1 Å². The number of piperidine rings is 1. The van der Waals surface area contributed by atoms with Crippen LogP contribution in [0.3, 0.4) is 0 Å². The van der Waals surface area contributed by atoms with Crippen molar-refractivity contribution in [2.24, 2.45) is 0 Å². The van der Waals surface area contributed by atoms with Crippen LogP contribution in [0.5, 0.6) is 0 Å². The van der Waals surface area contributed by atoms with E-state index in [1.165, 1.54) is 29.9 Å². The Kier molecular flexibility index (Phi) is 3.38. The molecule has 3 heterocycles. The van der Waals surface area contributed by atoms with E-state index in [0.29, 0.717) is 5.92 Å². The number of nitrogens with one attached hydrogen (secondary N) is 1. The fraction of sp³-hybridized carbons (Fsp3) is 0.438. The summed E-state index contributed by atoms with van der Waals surface area (Å²) in [4.78, 5) is 4.90. The lowest BCUT2D eigenvalue weighted by molar-refractivity contribution is 0.453. The van der Waals surface area contributed by atoms with Crippen LogP contribution in [0.15, 0.2) is 30.3 Å². The molecule has 3 rings (SSSR count). The molecule has 0 atom stereocenters. The third-order valence-corrected chi connectivity index (χ3v) is 4.01. The smallest absolute Gasteiger partial charge is 0.137 e. The zero-order valence-corrected chi connectivity index (χ0v) is 11.7. The third-order valence-electron chi connectivity index (χ3n) is 4.01. The van der Waals surface area contributed by atoms with Crippen LogP contribution in [-0.4, -0.2) is 22.6 Å². The van der Waals surface area contributed by atoms with Crippen molar-refractivity contribution >= 4 is 0 Å². The first-order valence-corrected chi connectivity index (χ1v) is 7.09. The molecular formula is C16H21N3. The van der Waals surface area contributed by atoms with Crippen LogP contribution >= 0.6 is 0 Å². The average Bonchev–Trinajstić information content (AvgIpc) is 2.79. The number of pyridine rings is 1. The molecule has 0 aliphatic carbocycles. The van der Waals surface area contributed by atoms with Gasteiger partial charge in [-0.2, -0.15) is 0 Å². The highest BCUT2D eigenvalue weighted by molar-refractivity contribution is 5.33. The van der Waals surface area contributed by atoms with Crippen LogP contribution in [-0.2, 0) is 0 Å². The van der Waals surface area contributed by atoms with Crippen molar-refractivity contribution in [3.63, 3.8) is 0 Å². The van der Waals surface area contributed by atoms with Gasteiger partial charge < -0.3 is 9.88 Å². The minimum atomic E-state index is 0.609. The Bertz CT molecular complexity index is 546. The van der Waals surface area contributed by atoms with Gasteiger partial charge in [-0.05, 0) is 64.0 Å². The van der Waals surface area contributed by atoms with E-state index in [4.69, 9.17) is 4.98 Å². The molecule has 0 unspecified atom stereocenters. The Balaban J connectivity index is 1.95. The van der Waals surface area contributed by atoms with E-state index in [0.717, 1.165) is 18.9 Å². The molecule has 1 N–H and O–H groups in total. The predicted octanol–water partition coefficient (Wildman–Crippen LogP) is 2.96. The van der Waals surface area contributed by atoms with Crippen molar-refractivity contribution in [2.75, 3.05) is 13.1 Å². The first kappa shape index (κ1) is 12.4. The van der Waals surface area contributed by atoms with Gasteiger partial charge in [-0.1, -0.05) is 6.07 Å². The number of aryl methyl sites for hydroxylation is 2. The molecule has 1 saturated heterocycles. The minimum absolute atomic E-state index is 0.609. The van der Waals surface area contributed by atoms with Crippen molar-refractivity contribution < 1.29 is 0 Å². The lowest BCUT2D eigenvalue weighted by Gasteiger charge is -2.22. The first-order valence-electron chi connectivity index (χ1n) is 7.09. The van der Waals surface area contributed by atoms with Gasteiger partial charge in [0.05, 0.1) is 0 Å². The van der Waals surface area contributed by atoms with Crippen molar-refractivity contribution in [3.8, 4) is 5.82 Å². The van der Waals surface area contributed by atoms with Gasteiger partial charge in [0.15, 0.2) is 0 Å². The summed E-state index contributed by atoms with van der Waals surface area (Å²) in [5, 5.41) is 3.41. The summed E-state index contributed by atoms with van der Waals surface area (Å²) in [5.41, 5.74) is 3.73. The minimum Gasteiger partial charge on any atom is -0.317 e. The molecule has 0 spiro atoms. The number of aromatic nitrogens is 2. The van der Waals surface area contributed by atoms with Crippen molar-refractivity contribution in [3.05, 3.63) is 47.4 Å². The molecule has 0 radical (unpaired) electrons. The quantitative estimate of drug-likeness (QED) is 0.894. The van der Waals surface area contributed by atoms with Gasteiger partial charge in [-0.15, -0.1) is 0 Å². The Morgan fingerprint density at radius 1 is 1.05 bits per heavy atom. The van der Waals surface area contributed by atoms with Gasteiger partial charge in [0.1, 0.15) is 5.82 Å². The summed E-state index contributed by atoms with van der Waals surface area (Å²) in [5.74, 6) is 1.66. The highest BCUT2D eigenvalue weighted by Gasteiger charge is 2.17. The molecule has 3 nitrogen and oxygen atoms in total. The summed E-state index contributed by atoms with van der Waals surface area (Å²) in [6.45, 7) is 6.48. The number of hydrogen-bond donors (Lipinski definition) is 1. The van der Waals surface area contributed by atoms with Crippen LogP contribution in [0.2, 0.25) is 0 Å². The molecule has 2 aromatic rings. The number of nitrogens with zero attached hydrogens (tertiary/aromatic N) is 2. The second-order valence-corrected chi connectivity index (χ2v) is 5.40. The molecular weight excluding hydrogens is 234 g/mol. The maximum Gasteiger partial charge on any atom is 0.137 e. The first-order chi connectivity index (χ1) is 9.25. The molecule has 0 bridgehead atoms. The van der Waals surface area contributed by atoms with Crippen LogP contribution < -0.4 is 5.32 Å². The van der Waals surface area contributed by atoms with Crippen molar-refractivity contribution in [2.45, 2.75) is 32.6 Å². The second-order valence-electron chi connectivity index (χ2n) is 5.40. The van der Waals surface area contributed by atoms with E-state index < -0.39 is 0 Å². The Morgan fingerprint density at radius 3 is 2.42 bits per heavy atom. The number of hydrogen-bond acceptors (Lipinski definition) is 2. The molecule has 0 amide bonds. The average molecular weight is 255 g/mol. The van der Waals surface area contributed by atoms with Gasteiger partial charge in [-0.3, -0.25) is 0 Å². The van der Waals surface area contributed by atoms with Crippen molar-refractivity contribution in [1.29, 1.82) is 0 Å². The van der Waals surface area contributed by atoms with Gasteiger partial charge in [-0.25, -0.2) is 4.98 Å². The monoisotopic (exact) mass is 255 g/mol. The van der Waals surface area contributed by atoms with E-state index in [9.17, 15) is 0 Å². The lowest BCUT2D eigenvalue weighted by atomic mass is 9.94. The lowest BCUT2D eigenvalue weighted by Crippen LogP contribution is -2.27. The van der Waals surface area contributed by atoms with Gasteiger partial charge in [0.2, 0.25) is 0 Å². The zero-order chi connectivity index (χ0) is 13.2. The van der Waals surface area contributed by atoms with Gasteiger partial charge >= 0.3 is 0 Å². The maximum absolute atomic E-state index is 4.90. The fourth-order valence-corrected chi connectivity index (χ4v) is 2.94. The van der Waals surface area contributed by atoms with Gasteiger partial charge in [0.25, 0.3) is 0 Å². The third kappa shape index (κ3) is 2.43. The Labute approximate surface area is 114 Å². The highest BCUT2D eigenvalue weighted by Crippen LogP contribution is 2.25. The zero-order valence-electron chi connectivity index (χ0n) is 11.7. The summed E-state index contributed by atoms with van der Waals surface area (Å²) in [7, 11) is 0. The normalized spacial score (nSPS) is 16.7. The van der Waals surface area contributed by atoms with Crippen LogP contribution in [0.4, 0.5) is 0 Å². The standard InChI is InChI=1S/C16H21N3/c1-12-6-7-13(2)19(12)16-5-3-4-15(18-16)14-8-10-17-11-9-14/h3-7,14,17H,8-11H2,1-2H3. The second kappa shape index (κ2) is 5.17. The Hall–Kier alpha value is -1.61. The van der Waals surface area contributed by atoms with Crippen LogP contribution in [0.25, 0.3) is 5.82 Å². The molecule has 1 fully saturated rings.